The molecule has 1 rings (SSSR count). The molecule has 4 heteroatoms. The van der Waals surface area contributed by atoms with Crippen molar-refractivity contribution in [1.29, 1.82) is 0 Å². The van der Waals surface area contributed by atoms with Crippen molar-refractivity contribution < 1.29 is 13.2 Å². The van der Waals surface area contributed by atoms with Crippen LogP contribution < -0.4 is 0 Å². The molecule has 1 fully saturated rings. The van der Waals surface area contributed by atoms with Crippen LogP contribution in [0.2, 0.25) is 0 Å². The van der Waals surface area contributed by atoms with Gasteiger partial charge in [0, 0.05) is 0 Å². The summed E-state index contributed by atoms with van der Waals surface area (Å²) in [4.78, 5) is 1.52. The zero-order valence-electron chi connectivity index (χ0n) is 11.7. The van der Waals surface area contributed by atoms with Crippen molar-refractivity contribution >= 4 is 0 Å². The summed E-state index contributed by atoms with van der Waals surface area (Å²) >= 11 is 0. The third-order valence-electron chi connectivity index (χ3n) is 3.80. The van der Waals surface area contributed by atoms with Gasteiger partial charge in [-0.25, -0.2) is 0 Å². The Morgan fingerprint density at radius 1 is 1.12 bits per heavy atom. The maximum absolute atomic E-state index is 12.1. The van der Waals surface area contributed by atoms with E-state index in [9.17, 15) is 13.2 Å². The lowest BCUT2D eigenvalue weighted by atomic mass is 9.72. The number of rotatable bonds is 2. The van der Waals surface area contributed by atoms with E-state index in [0.29, 0.717) is 19.0 Å². The summed E-state index contributed by atoms with van der Waals surface area (Å²) in [7, 11) is 0. The third kappa shape index (κ3) is 5.75. The molecule has 0 saturated carbocycles. The van der Waals surface area contributed by atoms with Crippen molar-refractivity contribution in [2.24, 2.45) is 11.3 Å². The maximum atomic E-state index is 12.1. The average molecular weight is 253 g/mol. The van der Waals surface area contributed by atoms with Crippen molar-refractivity contribution in [3.05, 3.63) is 0 Å². The van der Waals surface area contributed by atoms with E-state index in [1.807, 2.05) is 13.8 Å². The topological polar surface area (TPSA) is 3.24 Å². The van der Waals surface area contributed by atoms with Crippen molar-refractivity contribution in [2.45, 2.75) is 53.6 Å². The Hall–Kier alpha value is -0.250. The quantitative estimate of drug-likeness (QED) is 0.708. The van der Waals surface area contributed by atoms with Gasteiger partial charge >= 0.3 is 6.18 Å². The molecule has 0 aliphatic carbocycles. The van der Waals surface area contributed by atoms with E-state index < -0.39 is 12.7 Å². The molecule has 0 amide bonds. The maximum Gasteiger partial charge on any atom is 0.401 e. The van der Waals surface area contributed by atoms with Crippen LogP contribution in [-0.2, 0) is 0 Å². The largest absolute Gasteiger partial charge is 0.401 e. The van der Waals surface area contributed by atoms with Gasteiger partial charge in [0.2, 0.25) is 0 Å². The number of likely N-dealkylation sites (tertiary alicyclic amines) is 1. The smallest absolute Gasteiger partial charge is 0.295 e. The predicted molar refractivity (Wildman–Crippen MR) is 66.0 cm³/mol. The molecule has 104 valence electrons. The van der Waals surface area contributed by atoms with E-state index in [0.717, 1.165) is 12.8 Å². The molecule has 0 bridgehead atoms. The van der Waals surface area contributed by atoms with Crippen molar-refractivity contribution in [1.82, 2.24) is 4.90 Å². The van der Waals surface area contributed by atoms with Gasteiger partial charge in [-0.15, -0.1) is 0 Å². The lowest BCUT2D eigenvalue weighted by Crippen LogP contribution is -2.44. The average Bonchev–Trinajstić information content (AvgIpc) is 2.22. The molecule has 0 radical (unpaired) electrons. The number of hydrogen-bond acceptors (Lipinski definition) is 1. The fraction of sp³-hybridized carbons (Fsp3) is 1.00. The summed E-state index contributed by atoms with van der Waals surface area (Å²) in [6.45, 7) is 10.9. The van der Waals surface area contributed by atoms with Crippen LogP contribution in [0, 0.1) is 11.3 Å². The number of nitrogens with zero attached hydrogens (tertiary/aromatic N) is 1. The van der Waals surface area contributed by atoms with Gasteiger partial charge < -0.3 is 0 Å². The minimum absolute atomic E-state index is 0.224. The Morgan fingerprint density at radius 3 is 1.82 bits per heavy atom. The molecule has 0 unspecified atom stereocenters. The molecular formula is C13H26F3N. The van der Waals surface area contributed by atoms with Crippen LogP contribution in [0.3, 0.4) is 0 Å². The van der Waals surface area contributed by atoms with Crippen molar-refractivity contribution in [3.8, 4) is 0 Å². The van der Waals surface area contributed by atoms with Gasteiger partial charge in [0.05, 0.1) is 6.54 Å². The van der Waals surface area contributed by atoms with Crippen LogP contribution in [0.4, 0.5) is 13.2 Å². The Labute approximate surface area is 103 Å². The number of alkyl halides is 3. The zero-order valence-corrected chi connectivity index (χ0v) is 11.7. The second-order valence-corrected chi connectivity index (χ2v) is 5.20. The molecule has 1 aliphatic rings. The Morgan fingerprint density at radius 2 is 1.53 bits per heavy atom. The highest BCUT2D eigenvalue weighted by atomic mass is 19.4. The van der Waals surface area contributed by atoms with Crippen LogP contribution in [0.5, 0.6) is 0 Å². The van der Waals surface area contributed by atoms with Crippen molar-refractivity contribution in [2.75, 3.05) is 19.6 Å². The Balaban J connectivity index is 0.00000121. The molecule has 1 saturated heterocycles. The lowest BCUT2D eigenvalue weighted by molar-refractivity contribution is -0.151. The minimum atomic E-state index is -4.05. The van der Waals surface area contributed by atoms with E-state index in [2.05, 4.69) is 20.8 Å². The highest BCUT2D eigenvalue weighted by Crippen LogP contribution is 2.38. The van der Waals surface area contributed by atoms with E-state index >= 15 is 0 Å². The van der Waals surface area contributed by atoms with Crippen LogP contribution in [0.1, 0.15) is 47.5 Å². The van der Waals surface area contributed by atoms with Gasteiger partial charge in [0.15, 0.2) is 0 Å². The second-order valence-electron chi connectivity index (χ2n) is 5.20. The molecule has 0 aromatic rings. The summed E-state index contributed by atoms with van der Waals surface area (Å²) in [6, 6.07) is 0. The van der Waals surface area contributed by atoms with E-state index in [1.54, 1.807) is 0 Å². The summed E-state index contributed by atoms with van der Waals surface area (Å²) in [6.07, 6.45) is -2.30. The van der Waals surface area contributed by atoms with Gasteiger partial charge in [-0.1, -0.05) is 34.6 Å². The Bertz CT molecular complexity index is 203. The van der Waals surface area contributed by atoms with E-state index in [1.165, 1.54) is 4.90 Å². The molecule has 1 nitrogen and oxygen atoms in total. The van der Waals surface area contributed by atoms with Crippen LogP contribution in [-0.4, -0.2) is 30.7 Å². The molecule has 0 spiro atoms. The highest BCUT2D eigenvalue weighted by Gasteiger charge is 2.37. The summed E-state index contributed by atoms with van der Waals surface area (Å²) in [5, 5.41) is 0. The first kappa shape index (κ1) is 16.8. The molecule has 0 aromatic heterocycles. The minimum Gasteiger partial charge on any atom is -0.295 e. The third-order valence-corrected chi connectivity index (χ3v) is 3.80. The first-order valence-corrected chi connectivity index (χ1v) is 6.52. The number of hydrogen-bond donors (Lipinski definition) is 0. The SMILES string of the molecule is CC.CC(C)C1(C)CCN(CC(F)(F)F)CC1. The summed E-state index contributed by atoms with van der Waals surface area (Å²) in [5.41, 5.74) is 0.224. The molecule has 17 heavy (non-hydrogen) atoms. The Kier molecular flexibility index (Phi) is 6.52. The fourth-order valence-electron chi connectivity index (χ4n) is 2.05. The lowest BCUT2D eigenvalue weighted by Gasteiger charge is -2.42. The van der Waals surface area contributed by atoms with E-state index in [-0.39, 0.29) is 5.41 Å². The second kappa shape index (κ2) is 6.62. The fourth-order valence-corrected chi connectivity index (χ4v) is 2.05. The van der Waals surface area contributed by atoms with E-state index in [4.69, 9.17) is 0 Å². The van der Waals surface area contributed by atoms with Crippen molar-refractivity contribution in [3.63, 3.8) is 0 Å². The van der Waals surface area contributed by atoms with Gasteiger partial charge in [-0.3, -0.25) is 4.90 Å². The van der Waals surface area contributed by atoms with Gasteiger partial charge in [-0.2, -0.15) is 13.2 Å². The van der Waals surface area contributed by atoms with Crippen LogP contribution >= 0.6 is 0 Å². The molecule has 0 N–H and O–H groups in total. The predicted octanol–water partition coefficient (Wildman–Crippen LogP) is 4.33. The number of piperidine rings is 1. The normalized spacial score (nSPS) is 21.0. The first-order valence-electron chi connectivity index (χ1n) is 6.52. The zero-order chi connectivity index (χ0) is 13.7. The molecule has 0 atom stereocenters. The van der Waals surface area contributed by atoms with Gasteiger partial charge in [0.25, 0.3) is 0 Å². The van der Waals surface area contributed by atoms with Gasteiger partial charge in [-0.05, 0) is 37.3 Å². The summed E-state index contributed by atoms with van der Waals surface area (Å²) in [5.74, 6) is 0.547. The molecular weight excluding hydrogens is 227 g/mol. The monoisotopic (exact) mass is 253 g/mol. The first-order chi connectivity index (χ1) is 7.73. The van der Waals surface area contributed by atoms with Crippen LogP contribution in [0.25, 0.3) is 0 Å². The molecule has 0 aromatic carbocycles. The standard InChI is InChI=1S/C11H20F3N.C2H6/c1-9(2)10(3)4-6-15(7-5-10)8-11(12,13)14;1-2/h9H,4-8H2,1-3H3;1-2H3. The number of halogens is 3. The molecule has 1 aliphatic heterocycles. The van der Waals surface area contributed by atoms with Gasteiger partial charge in [0.1, 0.15) is 0 Å². The molecule has 1 heterocycles. The summed E-state index contributed by atoms with van der Waals surface area (Å²) < 4.78 is 36.4. The van der Waals surface area contributed by atoms with Crippen LogP contribution in [0.15, 0.2) is 0 Å². The highest BCUT2D eigenvalue weighted by molar-refractivity contribution is 4.85.